The van der Waals surface area contributed by atoms with Crippen LogP contribution in [-0.2, 0) is 17.8 Å². The van der Waals surface area contributed by atoms with Gasteiger partial charge in [-0.15, -0.1) is 0 Å². The van der Waals surface area contributed by atoms with Crippen molar-refractivity contribution in [3.05, 3.63) is 82.7 Å². The van der Waals surface area contributed by atoms with Crippen LogP contribution in [0.2, 0.25) is 0 Å². The van der Waals surface area contributed by atoms with E-state index >= 15 is 0 Å². The van der Waals surface area contributed by atoms with Crippen molar-refractivity contribution in [2.24, 2.45) is 0 Å². The molecule has 0 radical (unpaired) electrons. The van der Waals surface area contributed by atoms with Crippen LogP contribution in [0.3, 0.4) is 0 Å². The zero-order valence-electron chi connectivity index (χ0n) is 17.4. The monoisotopic (exact) mass is 412 g/mol. The Kier molecular flexibility index (Phi) is 6.25. The van der Waals surface area contributed by atoms with Gasteiger partial charge in [0.25, 0.3) is 0 Å². The first-order chi connectivity index (χ1) is 15.2. The van der Waals surface area contributed by atoms with Crippen molar-refractivity contribution in [2.45, 2.75) is 32.0 Å². The number of fused-ring (bicyclic) bond motifs is 1. The van der Waals surface area contributed by atoms with E-state index in [4.69, 9.17) is 14.9 Å². The van der Waals surface area contributed by atoms with Gasteiger partial charge in [0.1, 0.15) is 11.9 Å². The third kappa shape index (κ3) is 4.73. The molecule has 0 bridgehead atoms. The number of hydrogen-bond donors (Lipinski definition) is 2. The summed E-state index contributed by atoms with van der Waals surface area (Å²) in [6.07, 6.45) is 5.92. The second-order valence-electron chi connectivity index (χ2n) is 7.51. The molecule has 0 saturated heterocycles. The molecule has 1 aliphatic carbocycles. The maximum absolute atomic E-state index is 9.17. The minimum Gasteiger partial charge on any atom is -0.486 e. The Morgan fingerprint density at radius 3 is 2.94 bits per heavy atom. The van der Waals surface area contributed by atoms with E-state index in [1.165, 1.54) is 11.8 Å². The Morgan fingerprint density at radius 1 is 1.23 bits per heavy atom. The Labute approximate surface area is 182 Å². The molecule has 6 nitrogen and oxygen atoms in total. The molecule has 0 saturated carbocycles. The molecule has 3 aromatic rings. The van der Waals surface area contributed by atoms with Crippen molar-refractivity contribution in [1.29, 1.82) is 10.7 Å². The largest absolute Gasteiger partial charge is 0.486 e. The van der Waals surface area contributed by atoms with Crippen LogP contribution < -0.4 is 10.1 Å². The quantitative estimate of drug-likeness (QED) is 0.514. The van der Waals surface area contributed by atoms with Crippen LogP contribution in [0.4, 0.5) is 11.4 Å². The fraction of sp³-hybridized carbons (Fsp3) is 0.240. The normalized spacial score (nSPS) is 14.9. The predicted molar refractivity (Wildman–Crippen MR) is 120 cm³/mol. The highest BCUT2D eigenvalue weighted by Crippen LogP contribution is 2.35. The Morgan fingerprint density at radius 2 is 2.13 bits per heavy atom. The highest BCUT2D eigenvalue weighted by atomic mass is 16.5. The van der Waals surface area contributed by atoms with E-state index in [-0.39, 0.29) is 6.10 Å². The molecule has 4 rings (SSSR count). The second kappa shape index (κ2) is 9.41. The molecule has 1 atom stereocenters. The summed E-state index contributed by atoms with van der Waals surface area (Å²) in [7, 11) is 1.64. The number of rotatable bonds is 7. The van der Waals surface area contributed by atoms with E-state index in [1.807, 2.05) is 48.5 Å². The van der Waals surface area contributed by atoms with Gasteiger partial charge in [-0.25, -0.2) is 0 Å². The van der Waals surface area contributed by atoms with Crippen molar-refractivity contribution in [1.82, 2.24) is 4.98 Å². The highest BCUT2D eigenvalue weighted by molar-refractivity contribution is 5.88. The summed E-state index contributed by atoms with van der Waals surface area (Å²) in [5, 5.41) is 20.3. The van der Waals surface area contributed by atoms with Crippen LogP contribution >= 0.6 is 0 Å². The summed E-state index contributed by atoms with van der Waals surface area (Å²) in [6.45, 7) is 0.435. The van der Waals surface area contributed by atoms with Crippen LogP contribution in [0.5, 0.6) is 5.75 Å². The van der Waals surface area contributed by atoms with Crippen LogP contribution in [0.25, 0.3) is 0 Å². The van der Waals surface area contributed by atoms with Crippen molar-refractivity contribution in [3.63, 3.8) is 0 Å². The van der Waals surface area contributed by atoms with Crippen LogP contribution in [0.1, 0.15) is 46.9 Å². The number of aromatic nitrogens is 1. The first kappa shape index (κ1) is 20.6. The number of nitrogens with zero attached hydrogens (tertiary/aromatic N) is 2. The number of hydrogen-bond acceptors (Lipinski definition) is 6. The summed E-state index contributed by atoms with van der Waals surface area (Å²) >= 11 is 0. The van der Waals surface area contributed by atoms with Gasteiger partial charge in [0.2, 0.25) is 0 Å². The van der Waals surface area contributed by atoms with Gasteiger partial charge in [-0.05, 0) is 66.8 Å². The number of nitrogens with one attached hydrogen (secondary N) is 2. The molecule has 0 spiro atoms. The molecule has 2 aromatic carbocycles. The predicted octanol–water partition coefficient (Wildman–Crippen LogP) is 5.30. The molecule has 1 heterocycles. The first-order valence-electron chi connectivity index (χ1n) is 10.2. The fourth-order valence-corrected chi connectivity index (χ4v) is 3.91. The van der Waals surface area contributed by atoms with E-state index in [2.05, 4.69) is 16.4 Å². The van der Waals surface area contributed by atoms with Gasteiger partial charge < -0.3 is 20.2 Å². The third-order valence-electron chi connectivity index (χ3n) is 5.38. The molecule has 0 fully saturated rings. The lowest BCUT2D eigenvalue weighted by molar-refractivity contribution is 0.181. The molecule has 0 aliphatic heterocycles. The molecule has 31 heavy (non-hydrogen) atoms. The average molecular weight is 412 g/mol. The highest BCUT2D eigenvalue weighted by Gasteiger charge is 2.22. The molecule has 1 unspecified atom stereocenters. The number of benzene rings is 2. The van der Waals surface area contributed by atoms with Gasteiger partial charge in [-0.3, -0.25) is 4.98 Å². The molecule has 1 aromatic heterocycles. The van der Waals surface area contributed by atoms with E-state index < -0.39 is 0 Å². The molecule has 156 valence electrons. The number of ether oxygens (including phenoxy) is 2. The standard InChI is InChI=1S/C25H24N4O2/c1-30-16-21-12-20(9-10-28-21)29-24-13-22(7-6-19(24)15-27)31-25-4-2-3-18-11-17(14-26)5-8-23(18)25/h5-13,15,25,27H,2-4,16H2,1H3,(H,28,29). The van der Waals surface area contributed by atoms with E-state index in [9.17, 15) is 5.26 Å². The van der Waals surface area contributed by atoms with Gasteiger partial charge in [0.05, 0.1) is 29.6 Å². The third-order valence-corrected chi connectivity index (χ3v) is 5.38. The molecule has 1 aliphatic rings. The van der Waals surface area contributed by atoms with Gasteiger partial charge in [0, 0.05) is 36.8 Å². The van der Waals surface area contributed by atoms with E-state index in [0.717, 1.165) is 53.2 Å². The van der Waals surface area contributed by atoms with Crippen molar-refractivity contribution in [2.75, 3.05) is 12.4 Å². The summed E-state index contributed by atoms with van der Waals surface area (Å²) in [6, 6.07) is 17.6. The molecular formula is C25H24N4O2. The molecule has 0 amide bonds. The Balaban J connectivity index is 1.58. The SMILES string of the molecule is COCc1cc(Nc2cc(OC3CCCc4cc(C#N)ccc43)ccc2C=N)ccn1. The number of anilines is 2. The average Bonchev–Trinajstić information content (AvgIpc) is 2.79. The lowest BCUT2D eigenvalue weighted by atomic mass is 9.88. The summed E-state index contributed by atoms with van der Waals surface area (Å²) in [5.41, 5.74) is 6.27. The van der Waals surface area contributed by atoms with Crippen molar-refractivity contribution in [3.8, 4) is 11.8 Å². The van der Waals surface area contributed by atoms with Gasteiger partial charge in [-0.2, -0.15) is 5.26 Å². The number of pyridine rings is 1. The van der Waals surface area contributed by atoms with Crippen LogP contribution in [0, 0.1) is 16.7 Å². The first-order valence-corrected chi connectivity index (χ1v) is 10.2. The zero-order chi connectivity index (χ0) is 21.6. The zero-order valence-corrected chi connectivity index (χ0v) is 17.4. The number of nitriles is 1. The lowest BCUT2D eigenvalue weighted by Crippen LogP contribution is -2.15. The summed E-state index contributed by atoms with van der Waals surface area (Å²) in [4.78, 5) is 4.29. The lowest BCUT2D eigenvalue weighted by Gasteiger charge is -2.27. The van der Waals surface area contributed by atoms with Gasteiger partial charge >= 0.3 is 0 Å². The molecule has 6 heteroatoms. The number of aryl methyl sites for hydroxylation is 1. The van der Waals surface area contributed by atoms with Crippen molar-refractivity contribution < 1.29 is 9.47 Å². The topological polar surface area (TPSA) is 91.0 Å². The maximum Gasteiger partial charge on any atom is 0.124 e. The Bertz CT molecular complexity index is 1140. The van der Waals surface area contributed by atoms with Gasteiger partial charge in [-0.1, -0.05) is 6.07 Å². The van der Waals surface area contributed by atoms with Crippen LogP contribution in [0.15, 0.2) is 54.7 Å². The minimum absolute atomic E-state index is 0.0515. The maximum atomic E-state index is 9.17. The fourth-order valence-electron chi connectivity index (χ4n) is 3.91. The van der Waals surface area contributed by atoms with Gasteiger partial charge in [0.15, 0.2) is 0 Å². The number of methoxy groups -OCH3 is 1. The van der Waals surface area contributed by atoms with Crippen LogP contribution in [-0.4, -0.2) is 18.3 Å². The summed E-state index contributed by atoms with van der Waals surface area (Å²) in [5.74, 6) is 0.737. The van der Waals surface area contributed by atoms with Crippen molar-refractivity contribution >= 4 is 17.6 Å². The minimum atomic E-state index is -0.0515. The van der Waals surface area contributed by atoms with E-state index in [1.54, 1.807) is 13.3 Å². The second-order valence-corrected chi connectivity index (χ2v) is 7.51. The Hall–Kier alpha value is -3.69. The summed E-state index contributed by atoms with van der Waals surface area (Å²) < 4.78 is 11.5. The smallest absolute Gasteiger partial charge is 0.124 e. The molecular weight excluding hydrogens is 388 g/mol. The molecule has 2 N–H and O–H groups in total. The van der Waals surface area contributed by atoms with E-state index in [0.29, 0.717) is 12.2 Å².